The summed E-state index contributed by atoms with van der Waals surface area (Å²) in [5, 5.41) is 3.51. The summed E-state index contributed by atoms with van der Waals surface area (Å²) in [5.74, 6) is 0.0154. The highest BCUT2D eigenvalue weighted by Gasteiger charge is 2.23. The van der Waals surface area contributed by atoms with E-state index in [1.807, 2.05) is 0 Å². The Morgan fingerprint density at radius 1 is 1.42 bits per heavy atom. The van der Waals surface area contributed by atoms with Gasteiger partial charge in [0.05, 0.1) is 31.4 Å². The van der Waals surface area contributed by atoms with Crippen LogP contribution in [0.2, 0.25) is 5.02 Å². The van der Waals surface area contributed by atoms with Gasteiger partial charge in [0.25, 0.3) is 0 Å². The van der Waals surface area contributed by atoms with Crippen molar-refractivity contribution in [2.75, 3.05) is 14.2 Å². The van der Waals surface area contributed by atoms with E-state index in [-0.39, 0.29) is 40.3 Å². The molecule has 8 heteroatoms. The summed E-state index contributed by atoms with van der Waals surface area (Å²) in [5.41, 5.74) is 5.53. The largest absolute Gasteiger partial charge is 0.493 e. The van der Waals surface area contributed by atoms with Gasteiger partial charge in [-0.1, -0.05) is 16.8 Å². The van der Waals surface area contributed by atoms with Gasteiger partial charge in [-0.05, 0) is 0 Å². The monoisotopic (exact) mass is 287 g/mol. The van der Waals surface area contributed by atoms with Crippen molar-refractivity contribution in [3.05, 3.63) is 22.8 Å². The van der Waals surface area contributed by atoms with Gasteiger partial charge >= 0.3 is 0 Å². The van der Waals surface area contributed by atoms with Crippen LogP contribution in [0.4, 0.5) is 4.39 Å². The van der Waals surface area contributed by atoms with E-state index in [0.29, 0.717) is 0 Å². The molecule has 0 atom stereocenters. The molecule has 0 saturated heterocycles. The van der Waals surface area contributed by atoms with Crippen LogP contribution in [-0.4, -0.2) is 24.4 Å². The average Bonchev–Trinajstić information content (AvgIpc) is 2.89. The minimum absolute atomic E-state index is 0.0688. The number of ether oxygens (including phenoxy) is 2. The fourth-order valence-electron chi connectivity index (χ4n) is 1.58. The lowest BCUT2D eigenvalue weighted by Crippen LogP contribution is -1.98. The molecule has 0 amide bonds. The molecular formula is C11H11ClFN3O3. The molecule has 1 heterocycles. The Bertz CT molecular complexity index is 603. The zero-order valence-electron chi connectivity index (χ0n) is 10.2. The number of halogens is 2. The first-order valence-corrected chi connectivity index (χ1v) is 5.63. The molecule has 6 nitrogen and oxygen atoms in total. The Balaban J connectivity index is 2.69. The second kappa shape index (κ2) is 5.41. The Kier molecular flexibility index (Phi) is 3.87. The minimum Gasteiger partial charge on any atom is -0.493 e. The van der Waals surface area contributed by atoms with Crippen molar-refractivity contribution in [3.63, 3.8) is 0 Å². The van der Waals surface area contributed by atoms with Crippen LogP contribution in [0.3, 0.4) is 0 Å². The fraction of sp³-hybridized carbons (Fsp3) is 0.273. The van der Waals surface area contributed by atoms with E-state index in [0.717, 1.165) is 6.07 Å². The van der Waals surface area contributed by atoms with Crippen LogP contribution in [-0.2, 0) is 6.54 Å². The summed E-state index contributed by atoms with van der Waals surface area (Å²) >= 11 is 5.93. The number of benzene rings is 1. The first kappa shape index (κ1) is 13.6. The van der Waals surface area contributed by atoms with Crippen molar-refractivity contribution in [2.45, 2.75) is 6.54 Å². The Labute approximate surface area is 113 Å². The van der Waals surface area contributed by atoms with Crippen LogP contribution in [0.25, 0.3) is 11.4 Å². The predicted molar refractivity (Wildman–Crippen MR) is 65.7 cm³/mol. The third-order valence-electron chi connectivity index (χ3n) is 2.43. The summed E-state index contributed by atoms with van der Waals surface area (Å²) in [4.78, 5) is 4.00. The van der Waals surface area contributed by atoms with Gasteiger partial charge in [0.15, 0.2) is 11.5 Å². The number of nitrogens with two attached hydrogens (primary N) is 1. The zero-order chi connectivity index (χ0) is 14.0. The third kappa shape index (κ3) is 2.34. The summed E-state index contributed by atoms with van der Waals surface area (Å²) in [7, 11) is 2.79. The van der Waals surface area contributed by atoms with E-state index in [1.165, 1.54) is 14.2 Å². The maximum Gasteiger partial charge on any atom is 0.240 e. The molecule has 0 unspecified atom stereocenters. The second-order valence-electron chi connectivity index (χ2n) is 3.50. The third-order valence-corrected chi connectivity index (χ3v) is 2.80. The number of methoxy groups -OCH3 is 2. The molecule has 0 aliphatic rings. The quantitative estimate of drug-likeness (QED) is 0.926. The van der Waals surface area contributed by atoms with Crippen LogP contribution >= 0.6 is 11.6 Å². The number of hydrogen-bond acceptors (Lipinski definition) is 6. The highest BCUT2D eigenvalue weighted by atomic mass is 35.5. The van der Waals surface area contributed by atoms with Crippen molar-refractivity contribution in [3.8, 4) is 22.9 Å². The lowest BCUT2D eigenvalue weighted by Gasteiger charge is -2.12. The first-order valence-electron chi connectivity index (χ1n) is 5.25. The number of aromatic nitrogens is 2. The van der Waals surface area contributed by atoms with E-state index < -0.39 is 5.82 Å². The van der Waals surface area contributed by atoms with Crippen molar-refractivity contribution in [1.29, 1.82) is 0 Å². The molecule has 0 spiro atoms. The molecule has 0 radical (unpaired) electrons. The first-order chi connectivity index (χ1) is 9.12. The summed E-state index contributed by atoms with van der Waals surface area (Å²) in [6.45, 7) is 0.0688. The molecule has 19 heavy (non-hydrogen) atoms. The maximum absolute atomic E-state index is 13.7. The normalized spacial score (nSPS) is 10.6. The molecule has 2 rings (SSSR count). The molecule has 0 aliphatic carbocycles. The second-order valence-corrected chi connectivity index (χ2v) is 3.88. The van der Waals surface area contributed by atoms with E-state index in [2.05, 4.69) is 10.1 Å². The lowest BCUT2D eigenvalue weighted by atomic mass is 10.1. The van der Waals surface area contributed by atoms with Crippen molar-refractivity contribution >= 4 is 11.6 Å². The van der Waals surface area contributed by atoms with Crippen LogP contribution in [0, 0.1) is 5.82 Å². The molecule has 2 N–H and O–H groups in total. The standard InChI is InChI=1S/C11H11ClFN3O3/c1-17-6-3-5(13)9(12)8(10(6)18-2)11-15-7(4-14)19-16-11/h3H,4,14H2,1-2H3. The van der Waals surface area contributed by atoms with Crippen LogP contribution < -0.4 is 15.2 Å². The van der Waals surface area contributed by atoms with E-state index in [1.54, 1.807) is 0 Å². The zero-order valence-corrected chi connectivity index (χ0v) is 11.0. The summed E-state index contributed by atoms with van der Waals surface area (Å²) in [6, 6.07) is 1.12. The molecule has 1 aromatic carbocycles. The van der Waals surface area contributed by atoms with Crippen LogP contribution in [0.5, 0.6) is 11.5 Å². The highest BCUT2D eigenvalue weighted by molar-refractivity contribution is 6.33. The molecule has 0 fully saturated rings. The summed E-state index contributed by atoms with van der Waals surface area (Å²) in [6.07, 6.45) is 0. The van der Waals surface area contributed by atoms with Gasteiger partial charge in [-0.2, -0.15) is 4.98 Å². The average molecular weight is 288 g/mol. The number of rotatable bonds is 4. The Hall–Kier alpha value is -1.86. The van der Waals surface area contributed by atoms with Crippen molar-refractivity contribution < 1.29 is 18.4 Å². The van der Waals surface area contributed by atoms with Gasteiger partial charge in [-0.15, -0.1) is 0 Å². The topological polar surface area (TPSA) is 83.4 Å². The Morgan fingerprint density at radius 3 is 2.68 bits per heavy atom. The maximum atomic E-state index is 13.7. The van der Waals surface area contributed by atoms with Gasteiger partial charge in [0.1, 0.15) is 5.82 Å². The minimum atomic E-state index is -0.673. The lowest BCUT2D eigenvalue weighted by molar-refractivity contribution is 0.352. The smallest absolute Gasteiger partial charge is 0.240 e. The molecule has 0 aliphatic heterocycles. The Morgan fingerprint density at radius 2 is 2.16 bits per heavy atom. The van der Waals surface area contributed by atoms with E-state index >= 15 is 0 Å². The van der Waals surface area contributed by atoms with Crippen LogP contribution in [0.15, 0.2) is 10.6 Å². The molecular weight excluding hydrogens is 277 g/mol. The fourth-order valence-corrected chi connectivity index (χ4v) is 1.80. The molecule has 2 aromatic rings. The van der Waals surface area contributed by atoms with Gasteiger partial charge in [-0.25, -0.2) is 4.39 Å². The van der Waals surface area contributed by atoms with E-state index in [9.17, 15) is 4.39 Å². The molecule has 102 valence electrons. The van der Waals surface area contributed by atoms with E-state index in [4.69, 9.17) is 31.3 Å². The van der Waals surface area contributed by atoms with Gasteiger partial charge in [0.2, 0.25) is 11.7 Å². The number of nitrogens with zero attached hydrogens (tertiary/aromatic N) is 2. The van der Waals surface area contributed by atoms with Gasteiger partial charge < -0.3 is 19.7 Å². The molecule has 0 saturated carbocycles. The molecule has 0 bridgehead atoms. The van der Waals surface area contributed by atoms with Crippen LogP contribution in [0.1, 0.15) is 5.89 Å². The van der Waals surface area contributed by atoms with Gasteiger partial charge in [-0.3, -0.25) is 0 Å². The van der Waals surface area contributed by atoms with Gasteiger partial charge in [0, 0.05) is 6.07 Å². The highest BCUT2D eigenvalue weighted by Crippen LogP contribution is 2.43. The van der Waals surface area contributed by atoms with Crippen molar-refractivity contribution in [2.24, 2.45) is 5.73 Å². The van der Waals surface area contributed by atoms with Crippen molar-refractivity contribution in [1.82, 2.24) is 10.1 Å². The molecule has 1 aromatic heterocycles. The number of hydrogen-bond donors (Lipinski definition) is 1. The SMILES string of the molecule is COc1cc(F)c(Cl)c(-c2noc(CN)n2)c1OC. The summed E-state index contributed by atoms with van der Waals surface area (Å²) < 4.78 is 28.8. The predicted octanol–water partition coefficient (Wildman–Crippen LogP) is 2.00.